The fraction of sp³-hybridized carbons (Fsp3) is 0.286. The molecule has 100 valence electrons. The molecule has 0 radical (unpaired) electrons. The van der Waals surface area contributed by atoms with E-state index in [1.54, 1.807) is 6.07 Å². The molecule has 2 rings (SSSR count). The Hall–Kier alpha value is -2.14. The minimum Gasteiger partial charge on any atom is -0.338 e. The molecule has 0 atom stereocenters. The molecule has 0 aliphatic heterocycles. The monoisotopic (exact) mass is 259 g/mol. The molecule has 5 heteroatoms. The number of amides is 1. The van der Waals surface area contributed by atoms with Gasteiger partial charge in [-0.15, -0.1) is 0 Å². The van der Waals surface area contributed by atoms with E-state index < -0.39 is 0 Å². The van der Waals surface area contributed by atoms with Gasteiger partial charge in [0.05, 0.1) is 5.69 Å². The second-order valence-corrected chi connectivity index (χ2v) is 4.37. The molecule has 0 unspecified atom stereocenters. The van der Waals surface area contributed by atoms with Crippen molar-refractivity contribution in [2.24, 2.45) is 5.73 Å². The molecule has 0 spiro atoms. The van der Waals surface area contributed by atoms with Gasteiger partial charge in [-0.3, -0.25) is 10.1 Å². The minimum absolute atomic E-state index is 0.205. The predicted octanol–water partition coefficient (Wildman–Crippen LogP) is 2.04. The zero-order chi connectivity index (χ0) is 13.8. The number of aromatic nitrogens is 1. The van der Waals surface area contributed by atoms with Gasteiger partial charge in [-0.05, 0) is 38.4 Å². The Morgan fingerprint density at radius 3 is 2.74 bits per heavy atom. The largest absolute Gasteiger partial charge is 0.338 e. The van der Waals surface area contributed by atoms with Crippen LogP contribution in [0, 0.1) is 13.8 Å². The summed E-state index contributed by atoms with van der Waals surface area (Å²) in [5.41, 5.74) is 8.70. The lowest BCUT2D eigenvalue weighted by atomic mass is 10.0. The summed E-state index contributed by atoms with van der Waals surface area (Å²) < 4.78 is 5.08. The van der Waals surface area contributed by atoms with E-state index in [1.807, 2.05) is 32.0 Å². The van der Waals surface area contributed by atoms with Gasteiger partial charge < -0.3 is 10.3 Å². The predicted molar refractivity (Wildman–Crippen MR) is 73.1 cm³/mol. The average molecular weight is 259 g/mol. The quantitative estimate of drug-likeness (QED) is 0.880. The molecule has 1 heterocycles. The third kappa shape index (κ3) is 2.82. The Bertz CT molecular complexity index is 590. The third-order valence-corrected chi connectivity index (χ3v) is 3.06. The Morgan fingerprint density at radius 2 is 2.11 bits per heavy atom. The zero-order valence-corrected chi connectivity index (χ0v) is 11.1. The second kappa shape index (κ2) is 5.67. The highest BCUT2D eigenvalue weighted by molar-refractivity contribution is 6.04. The van der Waals surface area contributed by atoms with E-state index in [0.717, 1.165) is 16.8 Å². The molecular weight excluding hydrogens is 242 g/mol. The van der Waals surface area contributed by atoms with Crippen LogP contribution in [0.3, 0.4) is 0 Å². The van der Waals surface area contributed by atoms with Crippen LogP contribution in [0.1, 0.15) is 27.2 Å². The van der Waals surface area contributed by atoms with Crippen LogP contribution >= 0.6 is 0 Å². The van der Waals surface area contributed by atoms with Gasteiger partial charge in [0, 0.05) is 11.1 Å². The molecule has 0 bridgehead atoms. The Balaban J connectivity index is 2.23. The lowest BCUT2D eigenvalue weighted by Gasteiger charge is -2.08. The number of aryl methyl sites for hydroxylation is 1. The summed E-state index contributed by atoms with van der Waals surface area (Å²) in [4.78, 5) is 12.2. The highest BCUT2D eigenvalue weighted by atomic mass is 16.5. The Kier molecular flexibility index (Phi) is 3.97. The maximum atomic E-state index is 12.2. The molecule has 0 saturated heterocycles. The number of carbonyl (C=O) groups excluding carboxylic acids is 1. The van der Waals surface area contributed by atoms with E-state index in [4.69, 9.17) is 10.3 Å². The smallest absolute Gasteiger partial charge is 0.258 e. The van der Waals surface area contributed by atoms with E-state index >= 15 is 0 Å². The molecular formula is C14H17N3O2. The fourth-order valence-electron chi connectivity index (χ4n) is 1.82. The van der Waals surface area contributed by atoms with Crippen LogP contribution in [0.25, 0.3) is 0 Å². The summed E-state index contributed by atoms with van der Waals surface area (Å²) in [6, 6.07) is 7.40. The molecule has 0 fully saturated rings. The summed E-state index contributed by atoms with van der Waals surface area (Å²) in [6.07, 6.45) is 0.665. The number of hydrogen-bond acceptors (Lipinski definition) is 4. The lowest BCUT2D eigenvalue weighted by molar-refractivity contribution is 0.102. The molecule has 1 amide bonds. The van der Waals surface area contributed by atoms with Crippen molar-refractivity contribution < 1.29 is 9.32 Å². The van der Waals surface area contributed by atoms with Gasteiger partial charge in [0.2, 0.25) is 5.88 Å². The molecule has 3 N–H and O–H groups in total. The molecule has 19 heavy (non-hydrogen) atoms. The normalized spacial score (nSPS) is 10.5. The standard InChI is InChI=1S/C14H17N3O2/c1-9-10(2)17-19-14(9)16-13(18)12-6-4-3-5-11(12)7-8-15/h3-6H,7-8,15H2,1-2H3,(H,16,18). The summed E-state index contributed by atoms with van der Waals surface area (Å²) in [5, 5.41) is 6.55. The maximum absolute atomic E-state index is 12.2. The van der Waals surface area contributed by atoms with Crippen LogP contribution in [0.15, 0.2) is 28.8 Å². The van der Waals surface area contributed by atoms with Gasteiger partial charge in [-0.2, -0.15) is 0 Å². The summed E-state index contributed by atoms with van der Waals surface area (Å²) in [6.45, 7) is 4.19. The van der Waals surface area contributed by atoms with E-state index in [-0.39, 0.29) is 5.91 Å². The van der Waals surface area contributed by atoms with Crippen molar-refractivity contribution in [1.82, 2.24) is 5.16 Å². The second-order valence-electron chi connectivity index (χ2n) is 4.37. The molecule has 0 saturated carbocycles. The van der Waals surface area contributed by atoms with Crippen molar-refractivity contribution >= 4 is 11.8 Å². The highest BCUT2D eigenvalue weighted by Crippen LogP contribution is 2.19. The van der Waals surface area contributed by atoms with Gasteiger partial charge in [-0.1, -0.05) is 23.4 Å². The molecule has 1 aromatic carbocycles. The first-order valence-corrected chi connectivity index (χ1v) is 6.15. The first-order valence-electron chi connectivity index (χ1n) is 6.15. The third-order valence-electron chi connectivity index (χ3n) is 3.06. The van der Waals surface area contributed by atoms with Gasteiger partial charge in [0.15, 0.2) is 0 Å². The lowest BCUT2D eigenvalue weighted by Crippen LogP contribution is -2.16. The topological polar surface area (TPSA) is 81.2 Å². The number of hydrogen-bond donors (Lipinski definition) is 2. The van der Waals surface area contributed by atoms with Crippen molar-refractivity contribution in [1.29, 1.82) is 0 Å². The number of carbonyl (C=O) groups is 1. The van der Waals surface area contributed by atoms with Crippen molar-refractivity contribution in [3.63, 3.8) is 0 Å². The van der Waals surface area contributed by atoms with Crippen molar-refractivity contribution in [3.8, 4) is 0 Å². The molecule has 0 aliphatic rings. The maximum Gasteiger partial charge on any atom is 0.258 e. The molecule has 5 nitrogen and oxygen atoms in total. The van der Waals surface area contributed by atoms with Gasteiger partial charge in [-0.25, -0.2) is 0 Å². The molecule has 2 aromatic rings. The number of anilines is 1. The van der Waals surface area contributed by atoms with Crippen LogP contribution in [0.5, 0.6) is 0 Å². The van der Waals surface area contributed by atoms with Crippen LogP contribution in [-0.4, -0.2) is 17.6 Å². The van der Waals surface area contributed by atoms with E-state index in [0.29, 0.717) is 24.4 Å². The summed E-state index contributed by atoms with van der Waals surface area (Å²) in [7, 11) is 0. The van der Waals surface area contributed by atoms with Gasteiger partial charge in [0.25, 0.3) is 5.91 Å². The number of benzene rings is 1. The fourth-order valence-corrected chi connectivity index (χ4v) is 1.82. The van der Waals surface area contributed by atoms with Crippen LogP contribution in [0.2, 0.25) is 0 Å². The van der Waals surface area contributed by atoms with E-state index in [9.17, 15) is 4.79 Å². The van der Waals surface area contributed by atoms with Gasteiger partial charge in [0.1, 0.15) is 0 Å². The highest BCUT2D eigenvalue weighted by Gasteiger charge is 2.15. The zero-order valence-electron chi connectivity index (χ0n) is 11.1. The van der Waals surface area contributed by atoms with E-state index in [2.05, 4.69) is 10.5 Å². The summed E-state index contributed by atoms with van der Waals surface area (Å²) in [5.74, 6) is 0.188. The Morgan fingerprint density at radius 1 is 1.37 bits per heavy atom. The Labute approximate surface area is 111 Å². The number of nitrogens with zero attached hydrogens (tertiary/aromatic N) is 1. The van der Waals surface area contributed by atoms with E-state index in [1.165, 1.54) is 0 Å². The van der Waals surface area contributed by atoms with Gasteiger partial charge >= 0.3 is 0 Å². The average Bonchev–Trinajstić information content (AvgIpc) is 2.72. The SMILES string of the molecule is Cc1noc(NC(=O)c2ccccc2CCN)c1C. The minimum atomic E-state index is -0.205. The molecule has 0 aliphatic carbocycles. The number of nitrogens with two attached hydrogens (primary N) is 1. The number of rotatable bonds is 4. The van der Waals surface area contributed by atoms with Crippen LogP contribution in [-0.2, 0) is 6.42 Å². The van der Waals surface area contributed by atoms with Crippen LogP contribution < -0.4 is 11.1 Å². The first-order chi connectivity index (χ1) is 9.13. The first kappa shape index (κ1) is 13.3. The van der Waals surface area contributed by atoms with Crippen molar-refractivity contribution in [3.05, 3.63) is 46.6 Å². The molecule has 1 aromatic heterocycles. The van der Waals surface area contributed by atoms with Crippen molar-refractivity contribution in [2.75, 3.05) is 11.9 Å². The number of nitrogens with one attached hydrogen (secondary N) is 1. The van der Waals surface area contributed by atoms with Crippen LogP contribution in [0.4, 0.5) is 5.88 Å². The summed E-state index contributed by atoms with van der Waals surface area (Å²) >= 11 is 0. The van der Waals surface area contributed by atoms with Crippen molar-refractivity contribution in [2.45, 2.75) is 20.3 Å².